The minimum Gasteiger partial charge on any atom is -0.494 e. The van der Waals surface area contributed by atoms with Crippen molar-refractivity contribution in [3.05, 3.63) is 28.8 Å². The summed E-state index contributed by atoms with van der Waals surface area (Å²) in [6.07, 6.45) is 6.01. The third kappa shape index (κ3) is 8.26. The summed E-state index contributed by atoms with van der Waals surface area (Å²) in [5.74, 6) is 1.53. The molecule has 0 aromatic heterocycles. The number of rotatable bonds is 11. The highest BCUT2D eigenvalue weighted by Gasteiger charge is 2.08. The zero-order valence-corrected chi connectivity index (χ0v) is 15.4. The van der Waals surface area contributed by atoms with Crippen LogP contribution in [0.5, 0.6) is 5.75 Å². The Morgan fingerprint density at radius 2 is 2.09 bits per heavy atom. The zero-order chi connectivity index (χ0) is 17.1. The van der Waals surface area contributed by atoms with Crippen LogP contribution in [0.3, 0.4) is 0 Å². The van der Waals surface area contributed by atoms with Gasteiger partial charge in [-0.1, -0.05) is 44.7 Å². The van der Waals surface area contributed by atoms with Crippen LogP contribution in [0, 0.1) is 12.8 Å². The molecule has 0 aliphatic rings. The van der Waals surface area contributed by atoms with Crippen LogP contribution >= 0.6 is 11.6 Å². The van der Waals surface area contributed by atoms with Crippen molar-refractivity contribution in [3.63, 3.8) is 0 Å². The molecule has 4 heteroatoms. The molecule has 1 amide bonds. The number of benzene rings is 1. The smallest absolute Gasteiger partial charge is 0.220 e. The lowest BCUT2D eigenvalue weighted by atomic mass is 9.99. The van der Waals surface area contributed by atoms with Gasteiger partial charge in [0.25, 0.3) is 0 Å². The summed E-state index contributed by atoms with van der Waals surface area (Å²) >= 11 is 5.98. The molecule has 1 aromatic rings. The molecule has 0 bridgehead atoms. The van der Waals surface area contributed by atoms with E-state index in [9.17, 15) is 4.79 Å². The van der Waals surface area contributed by atoms with E-state index in [0.717, 1.165) is 35.7 Å². The molecule has 0 aliphatic carbocycles. The molecule has 1 aromatic carbocycles. The van der Waals surface area contributed by atoms with E-state index in [4.69, 9.17) is 16.3 Å². The van der Waals surface area contributed by atoms with Gasteiger partial charge in [-0.25, -0.2) is 0 Å². The molecule has 1 rings (SSSR count). The standard InChI is InChI=1S/C19H30ClNO2/c1-4-6-8-16(5-2)14-21-19(22)9-7-12-23-17-10-11-18(20)15(3)13-17/h10-11,13,16H,4-9,12,14H2,1-3H3,(H,21,22). The Morgan fingerprint density at radius 3 is 2.74 bits per heavy atom. The number of carbonyl (C=O) groups is 1. The Kier molecular flexibility index (Phi) is 9.77. The molecule has 0 heterocycles. The van der Waals surface area contributed by atoms with Crippen molar-refractivity contribution in [2.45, 2.75) is 59.3 Å². The Hall–Kier alpha value is -1.22. The van der Waals surface area contributed by atoms with Gasteiger partial charge in [-0.3, -0.25) is 4.79 Å². The maximum Gasteiger partial charge on any atom is 0.220 e. The van der Waals surface area contributed by atoms with Gasteiger partial charge in [-0.15, -0.1) is 0 Å². The quantitative estimate of drug-likeness (QED) is 0.567. The number of halogens is 1. The minimum absolute atomic E-state index is 0.121. The molecule has 0 radical (unpaired) electrons. The highest BCUT2D eigenvalue weighted by Crippen LogP contribution is 2.21. The maximum absolute atomic E-state index is 11.9. The lowest BCUT2D eigenvalue weighted by Gasteiger charge is -2.15. The van der Waals surface area contributed by atoms with Crippen LogP contribution in [0.4, 0.5) is 0 Å². The molecular weight excluding hydrogens is 310 g/mol. The monoisotopic (exact) mass is 339 g/mol. The topological polar surface area (TPSA) is 38.3 Å². The van der Waals surface area contributed by atoms with Crippen molar-refractivity contribution in [1.29, 1.82) is 0 Å². The largest absolute Gasteiger partial charge is 0.494 e. The summed E-state index contributed by atoms with van der Waals surface area (Å²) in [6, 6.07) is 5.61. The van der Waals surface area contributed by atoms with E-state index in [1.807, 2.05) is 25.1 Å². The van der Waals surface area contributed by atoms with Crippen molar-refractivity contribution < 1.29 is 9.53 Å². The second kappa shape index (κ2) is 11.3. The van der Waals surface area contributed by atoms with Gasteiger partial charge in [0.05, 0.1) is 6.61 Å². The fourth-order valence-corrected chi connectivity index (χ4v) is 2.54. The molecule has 1 N–H and O–H groups in total. The van der Waals surface area contributed by atoms with E-state index >= 15 is 0 Å². The average Bonchev–Trinajstić information content (AvgIpc) is 2.55. The van der Waals surface area contributed by atoms with E-state index < -0.39 is 0 Å². The maximum atomic E-state index is 11.9. The van der Waals surface area contributed by atoms with Crippen LogP contribution in [0.25, 0.3) is 0 Å². The molecule has 3 nitrogen and oxygen atoms in total. The molecule has 130 valence electrons. The number of ether oxygens (including phenoxy) is 1. The van der Waals surface area contributed by atoms with Gasteiger partial charge in [-0.05, 0) is 49.4 Å². The Bertz CT molecular complexity index is 476. The number of hydrogen-bond donors (Lipinski definition) is 1. The molecule has 0 fully saturated rings. The van der Waals surface area contributed by atoms with Gasteiger partial charge < -0.3 is 10.1 Å². The number of aryl methyl sites for hydroxylation is 1. The van der Waals surface area contributed by atoms with Crippen molar-refractivity contribution >= 4 is 17.5 Å². The number of nitrogens with one attached hydrogen (secondary N) is 1. The van der Waals surface area contributed by atoms with E-state index in [0.29, 0.717) is 18.9 Å². The Labute approximate surface area is 145 Å². The predicted molar refractivity (Wildman–Crippen MR) is 97.2 cm³/mol. The molecule has 0 spiro atoms. The van der Waals surface area contributed by atoms with Crippen LogP contribution in [-0.2, 0) is 4.79 Å². The predicted octanol–water partition coefficient (Wildman–Crippen LogP) is 5.14. The van der Waals surface area contributed by atoms with Gasteiger partial charge in [0.1, 0.15) is 5.75 Å². The zero-order valence-electron chi connectivity index (χ0n) is 14.7. The molecule has 1 atom stereocenters. The second-order valence-electron chi connectivity index (χ2n) is 6.08. The lowest BCUT2D eigenvalue weighted by molar-refractivity contribution is -0.121. The van der Waals surface area contributed by atoms with Gasteiger partial charge in [0.15, 0.2) is 0 Å². The van der Waals surface area contributed by atoms with Crippen LogP contribution < -0.4 is 10.1 Å². The number of amides is 1. The van der Waals surface area contributed by atoms with Crippen LogP contribution in [0.1, 0.15) is 57.9 Å². The van der Waals surface area contributed by atoms with Crippen molar-refractivity contribution in [3.8, 4) is 5.75 Å². The van der Waals surface area contributed by atoms with Crippen molar-refractivity contribution in [2.75, 3.05) is 13.2 Å². The van der Waals surface area contributed by atoms with Crippen LogP contribution in [-0.4, -0.2) is 19.1 Å². The molecule has 0 aliphatic heterocycles. The number of carbonyl (C=O) groups excluding carboxylic acids is 1. The second-order valence-corrected chi connectivity index (χ2v) is 6.49. The minimum atomic E-state index is 0.121. The van der Waals surface area contributed by atoms with E-state index in [1.165, 1.54) is 19.3 Å². The van der Waals surface area contributed by atoms with E-state index in [-0.39, 0.29) is 5.91 Å². The first-order chi connectivity index (χ1) is 11.1. The summed E-state index contributed by atoms with van der Waals surface area (Å²) < 4.78 is 5.65. The third-order valence-corrected chi connectivity index (χ3v) is 4.50. The first-order valence-corrected chi connectivity index (χ1v) is 9.10. The third-order valence-electron chi connectivity index (χ3n) is 4.08. The number of unbranched alkanes of at least 4 members (excludes halogenated alkanes) is 1. The van der Waals surface area contributed by atoms with Crippen LogP contribution in [0.15, 0.2) is 18.2 Å². The number of hydrogen-bond acceptors (Lipinski definition) is 2. The van der Waals surface area contributed by atoms with Gasteiger partial charge >= 0.3 is 0 Å². The highest BCUT2D eigenvalue weighted by molar-refractivity contribution is 6.31. The summed E-state index contributed by atoms with van der Waals surface area (Å²) in [7, 11) is 0. The average molecular weight is 340 g/mol. The normalized spacial score (nSPS) is 12.0. The summed E-state index contributed by atoms with van der Waals surface area (Å²) in [5.41, 5.74) is 1.000. The van der Waals surface area contributed by atoms with Gasteiger partial charge in [0.2, 0.25) is 5.91 Å². The lowest BCUT2D eigenvalue weighted by Crippen LogP contribution is -2.29. The molecule has 0 saturated heterocycles. The summed E-state index contributed by atoms with van der Waals surface area (Å²) in [6.45, 7) is 7.68. The molecule has 23 heavy (non-hydrogen) atoms. The van der Waals surface area contributed by atoms with Gasteiger partial charge in [0, 0.05) is 18.0 Å². The first kappa shape index (κ1) is 19.8. The van der Waals surface area contributed by atoms with E-state index in [2.05, 4.69) is 19.2 Å². The Balaban J connectivity index is 2.17. The van der Waals surface area contributed by atoms with Gasteiger partial charge in [-0.2, -0.15) is 0 Å². The Morgan fingerprint density at radius 1 is 1.30 bits per heavy atom. The highest BCUT2D eigenvalue weighted by atomic mass is 35.5. The SMILES string of the molecule is CCCCC(CC)CNC(=O)CCCOc1ccc(Cl)c(C)c1. The summed E-state index contributed by atoms with van der Waals surface area (Å²) in [5, 5.41) is 3.79. The summed E-state index contributed by atoms with van der Waals surface area (Å²) in [4.78, 5) is 11.9. The molecule has 1 unspecified atom stereocenters. The fourth-order valence-electron chi connectivity index (χ4n) is 2.42. The van der Waals surface area contributed by atoms with Crippen LogP contribution in [0.2, 0.25) is 5.02 Å². The van der Waals surface area contributed by atoms with Crippen molar-refractivity contribution in [2.24, 2.45) is 5.92 Å². The van der Waals surface area contributed by atoms with E-state index in [1.54, 1.807) is 0 Å². The molecular formula is C19H30ClNO2. The van der Waals surface area contributed by atoms with Crippen molar-refractivity contribution in [1.82, 2.24) is 5.32 Å². The fraction of sp³-hybridized carbons (Fsp3) is 0.632. The molecule has 0 saturated carbocycles. The first-order valence-electron chi connectivity index (χ1n) is 8.72.